The second-order valence-corrected chi connectivity index (χ2v) is 7.11. The standard InChI is InChI=1S/C18H30N6O7S/c1-5-14(27)24(18(31)32)8-13(26)21-11(3)16(29)23-12(4)17(30)22-10(2)15(28)20-7-6-19-9-25/h9-12H,5-8H2,1-4H3,(H,19,25)(H,20,28)(H,21,26)(H,22,30)(H,23,29)(H,31,32). The van der Waals surface area contributed by atoms with Crippen molar-refractivity contribution in [1.82, 2.24) is 31.5 Å². The van der Waals surface area contributed by atoms with E-state index < -0.39 is 59.4 Å². The molecule has 0 aliphatic rings. The van der Waals surface area contributed by atoms with E-state index in [4.69, 9.17) is 0 Å². The molecular weight excluding hydrogens is 444 g/mol. The fourth-order valence-electron chi connectivity index (χ4n) is 2.23. The lowest BCUT2D eigenvalue weighted by Gasteiger charge is -2.21. The topological polar surface area (TPSA) is 183 Å². The largest absolute Gasteiger partial charge is 0.357 e. The second-order valence-electron chi connectivity index (χ2n) is 6.73. The van der Waals surface area contributed by atoms with Gasteiger partial charge in [0.05, 0.1) is 0 Å². The van der Waals surface area contributed by atoms with Gasteiger partial charge in [-0.1, -0.05) is 19.6 Å². The fraction of sp³-hybridized carbons (Fsp3) is 0.611. The molecule has 0 rings (SSSR count). The number of carbonyl (C=O) groups is 7. The molecule has 3 unspecified atom stereocenters. The van der Waals surface area contributed by atoms with Gasteiger partial charge in [0.2, 0.25) is 35.9 Å². The van der Waals surface area contributed by atoms with Crippen molar-refractivity contribution in [2.75, 3.05) is 19.6 Å². The first-order valence-corrected chi connectivity index (χ1v) is 10.3. The Morgan fingerprint density at radius 2 is 1.34 bits per heavy atom. The van der Waals surface area contributed by atoms with Gasteiger partial charge in [-0.25, -0.2) is 0 Å². The maximum Gasteiger partial charge on any atom is 0.285 e. The Morgan fingerprint density at radius 3 is 1.81 bits per heavy atom. The van der Waals surface area contributed by atoms with E-state index >= 15 is 0 Å². The van der Waals surface area contributed by atoms with Gasteiger partial charge in [-0.15, -0.1) is 0 Å². The van der Waals surface area contributed by atoms with Gasteiger partial charge in [-0.3, -0.25) is 38.5 Å². The number of imide groups is 1. The zero-order chi connectivity index (χ0) is 24.8. The van der Waals surface area contributed by atoms with Gasteiger partial charge in [0.15, 0.2) is 0 Å². The highest BCUT2D eigenvalue weighted by Gasteiger charge is 2.25. The zero-order valence-corrected chi connectivity index (χ0v) is 19.3. The first kappa shape index (κ1) is 28.8. The van der Waals surface area contributed by atoms with E-state index in [1.165, 1.54) is 27.7 Å². The minimum Gasteiger partial charge on any atom is -0.357 e. The lowest BCUT2D eigenvalue weighted by atomic mass is 10.2. The number of rotatable bonds is 13. The third-order valence-electron chi connectivity index (χ3n) is 4.06. The molecule has 0 aromatic carbocycles. The Kier molecular flexibility index (Phi) is 13.3. The molecule has 3 atom stereocenters. The quantitative estimate of drug-likeness (QED) is 0.0981. The van der Waals surface area contributed by atoms with Gasteiger partial charge < -0.3 is 26.6 Å². The summed E-state index contributed by atoms with van der Waals surface area (Å²) in [6.07, 6.45) is 0.486. The van der Waals surface area contributed by atoms with E-state index in [0.717, 1.165) is 0 Å². The summed E-state index contributed by atoms with van der Waals surface area (Å²) in [5.41, 5.74) is 0. The second kappa shape index (κ2) is 14.8. The SMILES string of the molecule is CCC(=O)N(CC(=O)NC(C)C(=O)NC(C)C(=O)NC(C)C(=O)NCCNC=O)C(=O)S. The normalized spacial score (nSPS) is 12.9. The maximum atomic E-state index is 12.2. The van der Waals surface area contributed by atoms with Gasteiger partial charge in [-0.2, -0.15) is 0 Å². The van der Waals surface area contributed by atoms with Gasteiger partial charge in [0, 0.05) is 19.5 Å². The van der Waals surface area contributed by atoms with Crippen LogP contribution in [0.15, 0.2) is 0 Å². The van der Waals surface area contributed by atoms with Crippen molar-refractivity contribution < 1.29 is 33.6 Å². The Balaban J connectivity index is 4.60. The highest BCUT2D eigenvalue weighted by Crippen LogP contribution is 2.00. The molecule has 5 N–H and O–H groups in total. The highest BCUT2D eigenvalue weighted by molar-refractivity contribution is 7.96. The summed E-state index contributed by atoms with van der Waals surface area (Å²) >= 11 is 3.55. The van der Waals surface area contributed by atoms with Crippen LogP contribution < -0.4 is 26.6 Å². The Labute approximate surface area is 191 Å². The molecule has 0 saturated carbocycles. The number of hydrogen-bond donors (Lipinski definition) is 6. The molecule has 180 valence electrons. The number of thiol groups is 1. The minimum absolute atomic E-state index is 0.00563. The lowest BCUT2D eigenvalue weighted by Crippen LogP contribution is -2.55. The van der Waals surface area contributed by atoms with Crippen molar-refractivity contribution in [2.24, 2.45) is 0 Å². The third-order valence-corrected chi connectivity index (χ3v) is 4.30. The van der Waals surface area contributed by atoms with E-state index in [-0.39, 0.29) is 19.5 Å². The van der Waals surface area contributed by atoms with E-state index in [9.17, 15) is 33.6 Å². The number of amides is 7. The fourth-order valence-corrected chi connectivity index (χ4v) is 2.41. The van der Waals surface area contributed by atoms with Crippen LogP contribution in [0.4, 0.5) is 4.79 Å². The van der Waals surface area contributed by atoms with Crippen LogP contribution in [-0.2, 0) is 28.8 Å². The van der Waals surface area contributed by atoms with Crippen molar-refractivity contribution in [3.63, 3.8) is 0 Å². The van der Waals surface area contributed by atoms with E-state index in [0.29, 0.717) is 11.3 Å². The summed E-state index contributed by atoms with van der Waals surface area (Å²) in [5, 5.41) is 11.1. The highest BCUT2D eigenvalue weighted by atomic mass is 32.1. The molecule has 0 spiro atoms. The smallest absolute Gasteiger partial charge is 0.285 e. The molecular formula is C18H30N6O7S. The Bertz CT molecular complexity index is 733. The van der Waals surface area contributed by atoms with Crippen molar-refractivity contribution >= 4 is 53.8 Å². The van der Waals surface area contributed by atoms with Crippen LogP contribution in [0.5, 0.6) is 0 Å². The predicted octanol–water partition coefficient (Wildman–Crippen LogP) is -2.35. The van der Waals surface area contributed by atoms with E-state index in [1.54, 1.807) is 0 Å². The summed E-state index contributed by atoms with van der Waals surface area (Å²) in [7, 11) is 0. The minimum atomic E-state index is -1.07. The summed E-state index contributed by atoms with van der Waals surface area (Å²) in [6.45, 7) is 5.53. The number of carbonyl (C=O) groups excluding carboxylic acids is 7. The van der Waals surface area contributed by atoms with Gasteiger partial charge in [-0.05, 0) is 20.8 Å². The monoisotopic (exact) mass is 474 g/mol. The maximum absolute atomic E-state index is 12.2. The molecule has 0 saturated heterocycles. The van der Waals surface area contributed by atoms with Crippen LogP contribution in [0, 0.1) is 0 Å². The van der Waals surface area contributed by atoms with Gasteiger partial charge in [0.1, 0.15) is 24.7 Å². The molecule has 7 amide bonds. The first-order chi connectivity index (χ1) is 14.9. The molecule has 0 aromatic heterocycles. The summed E-state index contributed by atoms with van der Waals surface area (Å²) in [4.78, 5) is 82.2. The summed E-state index contributed by atoms with van der Waals surface area (Å²) in [6, 6.07) is -2.99. The van der Waals surface area contributed by atoms with Crippen LogP contribution in [0.25, 0.3) is 0 Å². The van der Waals surface area contributed by atoms with Crippen molar-refractivity contribution in [3.8, 4) is 0 Å². The van der Waals surface area contributed by atoms with Crippen molar-refractivity contribution in [3.05, 3.63) is 0 Å². The number of nitrogens with one attached hydrogen (secondary N) is 5. The van der Waals surface area contributed by atoms with E-state index in [2.05, 4.69) is 39.2 Å². The van der Waals surface area contributed by atoms with Crippen LogP contribution in [-0.4, -0.2) is 83.8 Å². The van der Waals surface area contributed by atoms with Crippen LogP contribution in [0.2, 0.25) is 0 Å². The number of hydrogen-bond acceptors (Lipinski definition) is 7. The third kappa shape index (κ3) is 10.7. The number of nitrogens with zero attached hydrogens (tertiary/aromatic N) is 1. The summed E-state index contributed by atoms with van der Waals surface area (Å²) < 4.78 is 0. The molecule has 0 aromatic rings. The van der Waals surface area contributed by atoms with Crippen LogP contribution in [0.1, 0.15) is 34.1 Å². The molecule has 14 heteroatoms. The van der Waals surface area contributed by atoms with E-state index in [1.807, 2.05) is 0 Å². The van der Waals surface area contributed by atoms with Crippen LogP contribution in [0.3, 0.4) is 0 Å². The lowest BCUT2D eigenvalue weighted by molar-refractivity contribution is -0.134. The molecule has 0 heterocycles. The Hall–Kier alpha value is -3.16. The Morgan fingerprint density at radius 1 is 0.844 bits per heavy atom. The van der Waals surface area contributed by atoms with Crippen molar-refractivity contribution in [2.45, 2.75) is 52.2 Å². The molecule has 0 fully saturated rings. The van der Waals surface area contributed by atoms with Gasteiger partial charge >= 0.3 is 0 Å². The average molecular weight is 475 g/mol. The van der Waals surface area contributed by atoms with Gasteiger partial charge in [0.25, 0.3) is 5.24 Å². The molecule has 32 heavy (non-hydrogen) atoms. The molecule has 0 aliphatic carbocycles. The van der Waals surface area contributed by atoms with Crippen molar-refractivity contribution in [1.29, 1.82) is 0 Å². The summed E-state index contributed by atoms with van der Waals surface area (Å²) in [5.74, 6) is -3.16. The molecule has 0 bridgehead atoms. The average Bonchev–Trinajstić information content (AvgIpc) is 2.73. The molecule has 0 radical (unpaired) electrons. The molecule has 13 nitrogen and oxygen atoms in total. The van der Waals surface area contributed by atoms with Crippen LogP contribution >= 0.6 is 12.6 Å². The predicted molar refractivity (Wildman–Crippen MR) is 116 cm³/mol. The zero-order valence-electron chi connectivity index (χ0n) is 18.4. The molecule has 0 aliphatic heterocycles. The first-order valence-electron chi connectivity index (χ1n) is 9.82.